The molecule has 4 rings (SSSR count). The van der Waals surface area contributed by atoms with Crippen LogP contribution in [0.15, 0.2) is 60.7 Å². The Morgan fingerprint density at radius 3 is 2.47 bits per heavy atom. The molecule has 0 aliphatic rings. The van der Waals surface area contributed by atoms with Crippen molar-refractivity contribution < 1.29 is 19.4 Å². The molecular formula is C28H30N4O4. The van der Waals surface area contributed by atoms with Crippen LogP contribution in [0.3, 0.4) is 0 Å². The molecule has 0 aliphatic heterocycles. The van der Waals surface area contributed by atoms with Crippen LogP contribution in [0.25, 0.3) is 22.2 Å². The first-order chi connectivity index (χ1) is 17.3. The fourth-order valence-electron chi connectivity index (χ4n) is 4.20. The molecule has 0 saturated heterocycles. The third-order valence-corrected chi connectivity index (χ3v) is 5.94. The van der Waals surface area contributed by atoms with E-state index in [1.807, 2.05) is 55.5 Å². The Hall–Kier alpha value is -4.33. The van der Waals surface area contributed by atoms with Gasteiger partial charge in [0.15, 0.2) is 0 Å². The third kappa shape index (κ3) is 5.33. The maximum absolute atomic E-state index is 12.2. The van der Waals surface area contributed by atoms with Gasteiger partial charge in [-0.2, -0.15) is 0 Å². The van der Waals surface area contributed by atoms with E-state index in [0.29, 0.717) is 17.9 Å². The van der Waals surface area contributed by atoms with Gasteiger partial charge in [-0.25, -0.2) is 14.6 Å². The van der Waals surface area contributed by atoms with Crippen LogP contribution in [0.4, 0.5) is 15.3 Å². The summed E-state index contributed by atoms with van der Waals surface area (Å²) in [6.07, 6.45) is 0.461. The molecule has 2 N–H and O–H groups in total. The number of aromatic nitrogens is 2. The number of amides is 2. The molecule has 1 heterocycles. The lowest BCUT2D eigenvalue weighted by Gasteiger charge is -2.14. The van der Waals surface area contributed by atoms with Crippen molar-refractivity contribution in [2.45, 2.75) is 33.2 Å². The highest BCUT2D eigenvalue weighted by Crippen LogP contribution is 2.31. The maximum atomic E-state index is 12.2. The number of carbonyl (C=O) groups is 2. The highest BCUT2D eigenvalue weighted by molar-refractivity contribution is 5.93. The van der Waals surface area contributed by atoms with Crippen LogP contribution in [0.1, 0.15) is 30.3 Å². The number of carboxylic acid groups (broad SMARTS) is 1. The van der Waals surface area contributed by atoms with E-state index in [1.165, 1.54) is 4.90 Å². The van der Waals surface area contributed by atoms with Gasteiger partial charge in [0.05, 0.1) is 11.0 Å². The van der Waals surface area contributed by atoms with Gasteiger partial charge in [-0.3, -0.25) is 0 Å². The Morgan fingerprint density at radius 2 is 1.81 bits per heavy atom. The summed E-state index contributed by atoms with van der Waals surface area (Å²) < 4.78 is 7.14. The maximum Gasteiger partial charge on any atom is 0.511 e. The molecule has 0 bridgehead atoms. The summed E-state index contributed by atoms with van der Waals surface area (Å²) in [7, 11) is 3.42. The molecule has 0 saturated carbocycles. The largest absolute Gasteiger partial charge is 0.511 e. The van der Waals surface area contributed by atoms with Gasteiger partial charge in [0.25, 0.3) is 0 Å². The molecule has 0 aliphatic carbocycles. The van der Waals surface area contributed by atoms with Gasteiger partial charge < -0.3 is 24.6 Å². The van der Waals surface area contributed by atoms with E-state index in [-0.39, 0.29) is 6.03 Å². The summed E-state index contributed by atoms with van der Waals surface area (Å²) in [5.74, 6) is 1.29. The molecule has 8 nitrogen and oxygen atoms in total. The summed E-state index contributed by atoms with van der Waals surface area (Å²) in [4.78, 5) is 29.7. The first-order valence-corrected chi connectivity index (χ1v) is 11.8. The highest BCUT2D eigenvalue weighted by atomic mass is 16.7. The van der Waals surface area contributed by atoms with Crippen LogP contribution >= 0.6 is 0 Å². The summed E-state index contributed by atoms with van der Waals surface area (Å²) >= 11 is 0. The van der Waals surface area contributed by atoms with E-state index < -0.39 is 6.16 Å². The standard InChI is InChI=1S/C28H30N4O4/c1-5-8-25-30-26-18(2)15-21(29-27(33)31(3)4)16-23(26)32(25)17-19-11-13-20(14-12-19)22-9-6-7-10-24(22)36-28(34)35/h6-7,9-16H,5,8,17H2,1-4H3,(H,29,33)(H,34,35). The first kappa shape index (κ1) is 24.8. The number of carbonyl (C=O) groups excluding carboxylic acids is 1. The first-order valence-electron chi connectivity index (χ1n) is 11.8. The number of rotatable bonds is 7. The predicted octanol–water partition coefficient (Wildman–Crippen LogP) is 6.16. The number of fused-ring (bicyclic) bond motifs is 1. The number of nitrogens with one attached hydrogen (secondary N) is 1. The van der Waals surface area contributed by atoms with E-state index >= 15 is 0 Å². The second-order valence-electron chi connectivity index (χ2n) is 8.91. The molecule has 4 aromatic rings. The molecule has 2 amide bonds. The number of aryl methyl sites for hydroxylation is 2. The number of urea groups is 1. The van der Waals surface area contributed by atoms with Crippen molar-refractivity contribution in [3.8, 4) is 16.9 Å². The number of para-hydroxylation sites is 1. The molecule has 0 fully saturated rings. The molecule has 3 aromatic carbocycles. The van der Waals surface area contributed by atoms with Crippen LogP contribution in [0, 0.1) is 6.92 Å². The molecule has 1 aromatic heterocycles. The Morgan fingerprint density at radius 1 is 1.08 bits per heavy atom. The lowest BCUT2D eigenvalue weighted by molar-refractivity contribution is 0.144. The van der Waals surface area contributed by atoms with Crippen molar-refractivity contribution in [2.24, 2.45) is 0 Å². The van der Waals surface area contributed by atoms with Crippen molar-refractivity contribution in [1.82, 2.24) is 14.5 Å². The molecule has 0 spiro atoms. The minimum atomic E-state index is -1.34. The molecule has 0 unspecified atom stereocenters. The van der Waals surface area contributed by atoms with E-state index in [4.69, 9.17) is 14.8 Å². The van der Waals surface area contributed by atoms with Gasteiger partial charge in [0, 0.05) is 38.3 Å². The van der Waals surface area contributed by atoms with E-state index in [0.717, 1.165) is 52.1 Å². The minimum absolute atomic E-state index is 0.184. The monoisotopic (exact) mass is 486 g/mol. The smallest absolute Gasteiger partial charge is 0.449 e. The van der Waals surface area contributed by atoms with Gasteiger partial charge in [0.2, 0.25) is 0 Å². The summed E-state index contributed by atoms with van der Waals surface area (Å²) in [6.45, 7) is 4.75. The average molecular weight is 487 g/mol. The Bertz CT molecular complexity index is 1410. The summed E-state index contributed by atoms with van der Waals surface area (Å²) in [5, 5.41) is 12.0. The van der Waals surface area contributed by atoms with Gasteiger partial charge in [-0.1, -0.05) is 49.4 Å². The van der Waals surface area contributed by atoms with Gasteiger partial charge >= 0.3 is 12.2 Å². The normalized spacial score (nSPS) is 10.9. The molecule has 186 valence electrons. The van der Waals surface area contributed by atoms with Crippen LogP contribution < -0.4 is 10.1 Å². The molecule has 8 heteroatoms. The lowest BCUT2D eigenvalue weighted by atomic mass is 10.0. The second-order valence-corrected chi connectivity index (χ2v) is 8.91. The number of anilines is 1. The second kappa shape index (κ2) is 10.5. The van der Waals surface area contributed by atoms with Gasteiger partial charge in [-0.15, -0.1) is 0 Å². The lowest BCUT2D eigenvalue weighted by Crippen LogP contribution is -2.27. The topological polar surface area (TPSA) is 96.7 Å². The number of benzene rings is 3. The van der Waals surface area contributed by atoms with Crippen molar-refractivity contribution in [3.63, 3.8) is 0 Å². The summed E-state index contributed by atoms with van der Waals surface area (Å²) in [5.41, 5.74) is 6.28. The van der Waals surface area contributed by atoms with E-state index in [1.54, 1.807) is 26.2 Å². The number of imidazole rings is 1. The zero-order valence-corrected chi connectivity index (χ0v) is 20.9. The zero-order chi connectivity index (χ0) is 25.8. The Labute approximate surface area is 210 Å². The summed E-state index contributed by atoms with van der Waals surface area (Å²) in [6, 6.07) is 18.8. The number of ether oxygens (including phenoxy) is 1. The Kier molecular flexibility index (Phi) is 7.24. The molecule has 0 radical (unpaired) electrons. The van der Waals surface area contributed by atoms with Crippen LogP contribution in [-0.4, -0.2) is 45.8 Å². The molecular weight excluding hydrogens is 456 g/mol. The zero-order valence-electron chi connectivity index (χ0n) is 20.9. The molecule has 36 heavy (non-hydrogen) atoms. The van der Waals surface area contributed by atoms with Gasteiger partial charge in [-0.05, 0) is 48.2 Å². The number of hydrogen-bond acceptors (Lipinski definition) is 4. The van der Waals surface area contributed by atoms with E-state index in [9.17, 15) is 9.59 Å². The average Bonchev–Trinajstić information content (AvgIpc) is 3.17. The van der Waals surface area contributed by atoms with Gasteiger partial charge in [0.1, 0.15) is 11.6 Å². The van der Waals surface area contributed by atoms with Crippen molar-refractivity contribution in [2.75, 3.05) is 19.4 Å². The van der Waals surface area contributed by atoms with Crippen LogP contribution in [0.5, 0.6) is 5.75 Å². The Balaban J connectivity index is 1.69. The molecule has 0 atom stereocenters. The minimum Gasteiger partial charge on any atom is -0.449 e. The third-order valence-electron chi connectivity index (χ3n) is 5.94. The van der Waals surface area contributed by atoms with Crippen molar-refractivity contribution in [1.29, 1.82) is 0 Å². The SMILES string of the molecule is CCCc1nc2c(C)cc(NC(=O)N(C)C)cc2n1Cc1ccc(-c2ccccc2OC(=O)O)cc1. The predicted molar refractivity (Wildman–Crippen MR) is 141 cm³/mol. The number of nitrogens with zero attached hydrogens (tertiary/aromatic N) is 3. The van der Waals surface area contributed by atoms with Crippen LogP contribution in [0.2, 0.25) is 0 Å². The highest BCUT2D eigenvalue weighted by Gasteiger charge is 2.16. The van der Waals surface area contributed by atoms with Crippen molar-refractivity contribution >= 4 is 28.9 Å². The van der Waals surface area contributed by atoms with Crippen molar-refractivity contribution in [3.05, 3.63) is 77.6 Å². The number of hydrogen-bond donors (Lipinski definition) is 2. The fraction of sp³-hybridized carbons (Fsp3) is 0.250. The quantitative estimate of drug-likeness (QED) is 0.241. The van der Waals surface area contributed by atoms with E-state index in [2.05, 4.69) is 16.8 Å². The fourth-order valence-corrected chi connectivity index (χ4v) is 4.20. The van der Waals surface area contributed by atoms with Crippen LogP contribution in [-0.2, 0) is 13.0 Å².